The predicted octanol–water partition coefficient (Wildman–Crippen LogP) is 1.62. The molecule has 2 amide bonds. The predicted molar refractivity (Wildman–Crippen MR) is 58.5 cm³/mol. The van der Waals surface area contributed by atoms with Crippen molar-refractivity contribution in [2.24, 2.45) is 0 Å². The highest BCUT2D eigenvalue weighted by Crippen LogP contribution is 2.44. The molecule has 7 nitrogen and oxygen atoms in total. The number of halogens is 2. The molecule has 0 atom stereocenters. The number of nitro benzene ring substituents is 1. The van der Waals surface area contributed by atoms with Crippen molar-refractivity contribution in [1.29, 1.82) is 0 Å². The van der Waals surface area contributed by atoms with Gasteiger partial charge in [-0.1, -0.05) is 23.2 Å². The first-order chi connectivity index (χ1) is 7.91. The van der Waals surface area contributed by atoms with Gasteiger partial charge < -0.3 is 5.32 Å². The second-order valence-electron chi connectivity index (χ2n) is 3.04. The lowest BCUT2D eigenvalue weighted by Crippen LogP contribution is -2.33. The molecule has 9 heteroatoms. The van der Waals surface area contributed by atoms with Gasteiger partial charge in [0.2, 0.25) is 0 Å². The summed E-state index contributed by atoms with van der Waals surface area (Å²) in [7, 11) is 0. The molecule has 1 aromatic carbocycles. The summed E-state index contributed by atoms with van der Waals surface area (Å²) in [5.41, 5.74) is -0.924. The van der Waals surface area contributed by atoms with Crippen molar-refractivity contribution in [3.63, 3.8) is 0 Å². The number of hydrogen-bond acceptors (Lipinski definition) is 4. The van der Waals surface area contributed by atoms with Crippen molar-refractivity contribution in [2.75, 3.05) is 5.32 Å². The number of nitro groups is 1. The van der Waals surface area contributed by atoms with E-state index >= 15 is 0 Å². The van der Waals surface area contributed by atoms with Crippen LogP contribution in [-0.4, -0.2) is 16.7 Å². The average Bonchev–Trinajstić information content (AvgIpc) is 2.26. The molecule has 1 radical (unpaired) electrons. The number of carbonyl (C=O) groups is 2. The lowest BCUT2D eigenvalue weighted by molar-refractivity contribution is -0.384. The van der Waals surface area contributed by atoms with E-state index in [4.69, 9.17) is 23.2 Å². The maximum Gasteiger partial charge on any atom is 0.336 e. The molecule has 0 aromatic heterocycles. The number of amides is 2. The van der Waals surface area contributed by atoms with E-state index in [1.165, 1.54) is 0 Å². The molecule has 1 aliphatic rings. The zero-order chi connectivity index (χ0) is 12.7. The summed E-state index contributed by atoms with van der Waals surface area (Å²) in [5.74, 6) is -2.14. The van der Waals surface area contributed by atoms with Gasteiger partial charge in [0, 0.05) is 6.07 Å². The van der Waals surface area contributed by atoms with E-state index in [-0.39, 0.29) is 21.4 Å². The van der Waals surface area contributed by atoms with Crippen LogP contribution in [0.15, 0.2) is 6.07 Å². The quantitative estimate of drug-likeness (QED) is 0.477. The van der Waals surface area contributed by atoms with E-state index in [0.717, 1.165) is 6.07 Å². The van der Waals surface area contributed by atoms with Crippen LogP contribution < -0.4 is 10.6 Å². The van der Waals surface area contributed by atoms with Crippen LogP contribution in [0.5, 0.6) is 0 Å². The molecule has 0 aliphatic carbocycles. The standard InChI is InChI=1S/C8H2Cl2N3O4/c9-2-1-3(13(16)17)5-6(4(2)10)12-8(15)7(14)11-5/h1H,(H,12,15). The maximum absolute atomic E-state index is 11.1. The Hall–Kier alpha value is -1.86. The van der Waals surface area contributed by atoms with E-state index in [9.17, 15) is 19.7 Å². The van der Waals surface area contributed by atoms with Crippen LogP contribution >= 0.6 is 23.2 Å². The first kappa shape index (κ1) is 11.6. The number of nitrogens with one attached hydrogen (secondary N) is 1. The Labute approximate surface area is 104 Å². The van der Waals surface area contributed by atoms with Crippen LogP contribution in [0.25, 0.3) is 0 Å². The fourth-order valence-corrected chi connectivity index (χ4v) is 1.68. The van der Waals surface area contributed by atoms with Crippen molar-refractivity contribution < 1.29 is 14.5 Å². The summed E-state index contributed by atoms with van der Waals surface area (Å²) in [6, 6.07) is 0.969. The Morgan fingerprint density at radius 1 is 1.35 bits per heavy atom. The van der Waals surface area contributed by atoms with Crippen LogP contribution in [0.1, 0.15) is 0 Å². The third-order valence-corrected chi connectivity index (χ3v) is 2.80. The monoisotopic (exact) mass is 274 g/mol. The van der Waals surface area contributed by atoms with E-state index in [2.05, 4.69) is 10.6 Å². The fraction of sp³-hybridized carbons (Fsp3) is 0. The summed E-state index contributed by atoms with van der Waals surface area (Å²) >= 11 is 11.4. The third-order valence-electron chi connectivity index (χ3n) is 2.01. The Kier molecular flexibility index (Phi) is 2.64. The molecule has 0 saturated heterocycles. The van der Waals surface area contributed by atoms with Crippen molar-refractivity contribution in [1.82, 2.24) is 5.32 Å². The fourth-order valence-electron chi connectivity index (χ4n) is 1.29. The molecule has 2 rings (SSSR count). The Bertz CT molecular complexity index is 572. The first-order valence-corrected chi connectivity index (χ1v) is 4.91. The van der Waals surface area contributed by atoms with Gasteiger partial charge in [0.05, 0.1) is 20.7 Å². The smallest absolute Gasteiger partial charge is 0.314 e. The van der Waals surface area contributed by atoms with Crippen LogP contribution in [0.4, 0.5) is 17.1 Å². The molecule has 1 aliphatic heterocycles. The number of rotatable bonds is 1. The minimum absolute atomic E-state index is 0.100. The minimum atomic E-state index is -1.13. The number of carbonyl (C=O) groups excluding carboxylic acids is 2. The van der Waals surface area contributed by atoms with E-state index in [1.54, 1.807) is 0 Å². The van der Waals surface area contributed by atoms with Gasteiger partial charge in [-0.25, -0.2) is 0 Å². The summed E-state index contributed by atoms with van der Waals surface area (Å²) in [6.45, 7) is 0. The third kappa shape index (κ3) is 1.79. The maximum atomic E-state index is 11.1. The molecule has 0 fully saturated rings. The van der Waals surface area contributed by atoms with Gasteiger partial charge in [0.15, 0.2) is 5.69 Å². The van der Waals surface area contributed by atoms with Gasteiger partial charge in [0.25, 0.3) is 5.69 Å². The normalized spacial score (nSPS) is 13.8. The zero-order valence-corrected chi connectivity index (χ0v) is 9.37. The molecular formula is C8H2Cl2N3O4. The molecule has 87 valence electrons. The summed E-state index contributed by atoms with van der Waals surface area (Å²) in [6.07, 6.45) is 0. The largest absolute Gasteiger partial charge is 0.336 e. The van der Waals surface area contributed by atoms with E-state index in [1.807, 2.05) is 0 Å². The lowest BCUT2D eigenvalue weighted by Gasteiger charge is -2.16. The molecule has 1 heterocycles. The van der Waals surface area contributed by atoms with Crippen LogP contribution in [0.3, 0.4) is 0 Å². The number of anilines is 1. The number of fused-ring (bicyclic) bond motifs is 1. The van der Waals surface area contributed by atoms with Gasteiger partial charge in [-0.05, 0) is 0 Å². The van der Waals surface area contributed by atoms with Crippen molar-refractivity contribution in [2.45, 2.75) is 0 Å². The second kappa shape index (κ2) is 3.86. The Morgan fingerprint density at radius 3 is 2.59 bits per heavy atom. The van der Waals surface area contributed by atoms with Crippen molar-refractivity contribution >= 4 is 52.1 Å². The number of hydrogen-bond donors (Lipinski definition) is 1. The molecule has 1 aromatic rings. The highest BCUT2D eigenvalue weighted by atomic mass is 35.5. The first-order valence-electron chi connectivity index (χ1n) is 4.15. The highest BCUT2D eigenvalue weighted by molar-refractivity contribution is 6.48. The molecule has 0 saturated carbocycles. The zero-order valence-electron chi connectivity index (χ0n) is 7.86. The van der Waals surface area contributed by atoms with Gasteiger partial charge >= 0.3 is 11.8 Å². The number of benzene rings is 1. The Balaban J connectivity index is 2.72. The van der Waals surface area contributed by atoms with E-state index < -0.39 is 22.4 Å². The van der Waals surface area contributed by atoms with Gasteiger partial charge in [0.1, 0.15) is 0 Å². The van der Waals surface area contributed by atoms with Crippen LogP contribution in [0, 0.1) is 10.1 Å². The second-order valence-corrected chi connectivity index (χ2v) is 3.83. The Morgan fingerprint density at radius 2 is 2.00 bits per heavy atom. The average molecular weight is 275 g/mol. The summed E-state index contributed by atoms with van der Waals surface area (Å²) in [5, 5.41) is 16.0. The summed E-state index contributed by atoms with van der Waals surface area (Å²) < 4.78 is 0. The molecule has 0 unspecified atom stereocenters. The molecular weight excluding hydrogens is 273 g/mol. The molecule has 0 spiro atoms. The molecule has 17 heavy (non-hydrogen) atoms. The minimum Gasteiger partial charge on any atom is -0.314 e. The van der Waals surface area contributed by atoms with Crippen LogP contribution in [-0.2, 0) is 9.59 Å². The molecule has 0 bridgehead atoms. The lowest BCUT2D eigenvalue weighted by atomic mass is 10.2. The SMILES string of the molecule is O=C1[N]c2c([N+](=O)[O-])cc(Cl)c(Cl)c2NC1=O. The summed E-state index contributed by atoms with van der Waals surface area (Å²) in [4.78, 5) is 32.1. The van der Waals surface area contributed by atoms with Crippen molar-refractivity contribution in [3.8, 4) is 0 Å². The van der Waals surface area contributed by atoms with Gasteiger partial charge in [-0.3, -0.25) is 19.7 Å². The topological polar surface area (TPSA) is 103 Å². The van der Waals surface area contributed by atoms with Gasteiger partial charge in [-0.2, -0.15) is 5.32 Å². The highest BCUT2D eigenvalue weighted by Gasteiger charge is 2.34. The van der Waals surface area contributed by atoms with Crippen molar-refractivity contribution in [3.05, 3.63) is 26.2 Å². The van der Waals surface area contributed by atoms with Crippen LogP contribution in [0.2, 0.25) is 10.0 Å². The number of nitrogens with zero attached hydrogens (tertiary/aromatic N) is 2. The molecule has 1 N–H and O–H groups in total. The van der Waals surface area contributed by atoms with Gasteiger partial charge in [-0.15, -0.1) is 0 Å². The van der Waals surface area contributed by atoms with E-state index in [0.29, 0.717) is 0 Å².